The molecule has 4 N–H and O–H groups in total. The second-order valence-electron chi connectivity index (χ2n) is 2.51. The van der Waals surface area contributed by atoms with Gasteiger partial charge in [0.15, 0.2) is 0 Å². The predicted octanol–water partition coefficient (Wildman–Crippen LogP) is -0.726. The molecule has 0 heterocycles. The van der Waals surface area contributed by atoms with Crippen molar-refractivity contribution in [1.82, 2.24) is 5.32 Å². The fourth-order valence-corrected chi connectivity index (χ4v) is 0.615. The van der Waals surface area contributed by atoms with Crippen molar-refractivity contribution in [2.45, 2.75) is 19.4 Å². The van der Waals surface area contributed by atoms with Gasteiger partial charge in [-0.05, 0) is 6.92 Å². The van der Waals surface area contributed by atoms with Crippen molar-refractivity contribution >= 4 is 11.7 Å². The first kappa shape index (κ1) is 11.7. The predicted molar refractivity (Wildman–Crippen MR) is 47.5 cm³/mol. The summed E-state index contributed by atoms with van der Waals surface area (Å²) in [6.45, 7) is 1.97. The van der Waals surface area contributed by atoms with Crippen LogP contribution in [0, 0.1) is 0 Å². The molecule has 0 saturated carbocycles. The second-order valence-corrected chi connectivity index (χ2v) is 2.51. The number of ether oxygens (including phenoxy) is 1. The van der Waals surface area contributed by atoms with Gasteiger partial charge in [0.05, 0.1) is 0 Å². The first-order valence-electron chi connectivity index (χ1n) is 3.88. The van der Waals surface area contributed by atoms with Gasteiger partial charge in [-0.2, -0.15) is 0 Å². The van der Waals surface area contributed by atoms with E-state index in [1.807, 2.05) is 0 Å². The van der Waals surface area contributed by atoms with E-state index in [9.17, 15) is 4.79 Å². The molecule has 6 nitrogen and oxygen atoms in total. The summed E-state index contributed by atoms with van der Waals surface area (Å²) in [5, 5.41) is 13.5. The standard InChI is InChI=1S/C7H15N3O3/c1-5(13-2)7(11)9-4-3-6(8)10-12/h5,12H,3-4H2,1-2H3,(H2,8,10)(H,9,11). The highest BCUT2D eigenvalue weighted by Crippen LogP contribution is 1.87. The molecule has 1 atom stereocenters. The Morgan fingerprint density at radius 2 is 2.38 bits per heavy atom. The minimum Gasteiger partial charge on any atom is -0.409 e. The Morgan fingerprint density at radius 3 is 2.85 bits per heavy atom. The van der Waals surface area contributed by atoms with E-state index >= 15 is 0 Å². The van der Waals surface area contributed by atoms with Crippen molar-refractivity contribution in [3.63, 3.8) is 0 Å². The molecule has 6 heteroatoms. The highest BCUT2D eigenvalue weighted by molar-refractivity contribution is 5.82. The summed E-state index contributed by atoms with van der Waals surface area (Å²) >= 11 is 0. The van der Waals surface area contributed by atoms with E-state index in [4.69, 9.17) is 15.7 Å². The number of oxime groups is 1. The van der Waals surface area contributed by atoms with E-state index in [1.54, 1.807) is 6.92 Å². The smallest absolute Gasteiger partial charge is 0.248 e. The topological polar surface area (TPSA) is 96.9 Å². The molecule has 13 heavy (non-hydrogen) atoms. The Balaban J connectivity index is 3.59. The SMILES string of the molecule is COC(C)C(=O)NCCC(N)=NO. The fourth-order valence-electron chi connectivity index (χ4n) is 0.615. The maximum atomic E-state index is 11.1. The first-order chi connectivity index (χ1) is 6.11. The molecular formula is C7H15N3O3. The van der Waals surface area contributed by atoms with Crippen LogP contribution in [0.5, 0.6) is 0 Å². The largest absolute Gasteiger partial charge is 0.409 e. The van der Waals surface area contributed by atoms with Gasteiger partial charge >= 0.3 is 0 Å². The molecule has 0 aliphatic rings. The first-order valence-corrected chi connectivity index (χ1v) is 3.88. The summed E-state index contributed by atoms with van der Waals surface area (Å²) in [6.07, 6.45) is -0.161. The Labute approximate surface area is 76.7 Å². The number of carbonyl (C=O) groups excluding carboxylic acids is 1. The lowest BCUT2D eigenvalue weighted by molar-refractivity contribution is -0.129. The summed E-state index contributed by atoms with van der Waals surface area (Å²) in [6, 6.07) is 0. The third-order valence-corrected chi connectivity index (χ3v) is 1.53. The maximum Gasteiger partial charge on any atom is 0.248 e. The number of hydrogen-bond donors (Lipinski definition) is 3. The highest BCUT2D eigenvalue weighted by Gasteiger charge is 2.09. The van der Waals surface area contributed by atoms with Crippen molar-refractivity contribution in [2.75, 3.05) is 13.7 Å². The molecule has 0 spiro atoms. The monoisotopic (exact) mass is 189 g/mol. The van der Waals surface area contributed by atoms with Crippen molar-refractivity contribution in [3.8, 4) is 0 Å². The Bertz CT molecular complexity index is 193. The molecule has 0 fully saturated rings. The zero-order valence-corrected chi connectivity index (χ0v) is 7.78. The van der Waals surface area contributed by atoms with Crippen LogP contribution in [0.15, 0.2) is 5.16 Å². The Hall–Kier alpha value is -1.30. The van der Waals surface area contributed by atoms with Gasteiger partial charge in [0, 0.05) is 20.1 Å². The summed E-state index contributed by atoms with van der Waals surface area (Å²) in [5.74, 6) is -0.126. The molecule has 0 radical (unpaired) electrons. The molecule has 0 aromatic carbocycles. The van der Waals surface area contributed by atoms with Crippen molar-refractivity contribution < 1.29 is 14.7 Å². The molecule has 0 aliphatic heterocycles. The number of nitrogens with one attached hydrogen (secondary N) is 1. The van der Waals surface area contributed by atoms with Gasteiger partial charge in [0.25, 0.3) is 0 Å². The number of rotatable bonds is 5. The molecule has 76 valence electrons. The average molecular weight is 189 g/mol. The summed E-state index contributed by atoms with van der Waals surface area (Å²) in [4.78, 5) is 11.1. The lowest BCUT2D eigenvalue weighted by Gasteiger charge is -2.09. The van der Waals surface area contributed by atoms with E-state index in [0.717, 1.165) is 0 Å². The Morgan fingerprint density at radius 1 is 1.77 bits per heavy atom. The molecule has 0 bridgehead atoms. The van der Waals surface area contributed by atoms with E-state index in [2.05, 4.69) is 10.5 Å². The van der Waals surface area contributed by atoms with Crippen LogP contribution in [0.25, 0.3) is 0 Å². The lowest BCUT2D eigenvalue weighted by Crippen LogP contribution is -2.35. The van der Waals surface area contributed by atoms with E-state index in [0.29, 0.717) is 13.0 Å². The molecule has 1 unspecified atom stereocenters. The van der Waals surface area contributed by atoms with Gasteiger partial charge in [-0.3, -0.25) is 4.79 Å². The number of amidine groups is 1. The third-order valence-electron chi connectivity index (χ3n) is 1.53. The molecule has 1 amide bonds. The zero-order valence-electron chi connectivity index (χ0n) is 7.78. The quantitative estimate of drug-likeness (QED) is 0.230. The van der Waals surface area contributed by atoms with Crippen LogP contribution in [0.4, 0.5) is 0 Å². The average Bonchev–Trinajstić information content (AvgIpc) is 2.15. The lowest BCUT2D eigenvalue weighted by atomic mass is 10.3. The summed E-state index contributed by atoms with van der Waals surface area (Å²) < 4.78 is 4.77. The van der Waals surface area contributed by atoms with Crippen molar-refractivity contribution in [3.05, 3.63) is 0 Å². The van der Waals surface area contributed by atoms with Gasteiger partial charge in [-0.15, -0.1) is 0 Å². The van der Waals surface area contributed by atoms with Crippen molar-refractivity contribution in [2.24, 2.45) is 10.9 Å². The fraction of sp³-hybridized carbons (Fsp3) is 0.714. The van der Waals surface area contributed by atoms with Crippen LogP contribution < -0.4 is 11.1 Å². The maximum absolute atomic E-state index is 11.1. The molecule has 0 rings (SSSR count). The summed E-state index contributed by atoms with van der Waals surface area (Å²) in [7, 11) is 1.45. The number of nitrogens with two attached hydrogens (primary N) is 1. The van der Waals surface area contributed by atoms with Gasteiger partial charge in [-0.1, -0.05) is 5.16 Å². The Kier molecular flexibility index (Phi) is 5.62. The van der Waals surface area contributed by atoms with Crippen LogP contribution in [0.2, 0.25) is 0 Å². The highest BCUT2D eigenvalue weighted by atomic mass is 16.5. The van der Waals surface area contributed by atoms with Gasteiger partial charge in [-0.25, -0.2) is 0 Å². The molecular weight excluding hydrogens is 174 g/mol. The van der Waals surface area contributed by atoms with E-state index in [1.165, 1.54) is 7.11 Å². The van der Waals surface area contributed by atoms with Crippen LogP contribution in [-0.4, -0.2) is 36.7 Å². The van der Waals surface area contributed by atoms with E-state index < -0.39 is 6.10 Å². The molecule has 0 aromatic heterocycles. The number of methoxy groups -OCH3 is 1. The van der Waals surface area contributed by atoms with Crippen LogP contribution in [0.1, 0.15) is 13.3 Å². The van der Waals surface area contributed by atoms with Gasteiger partial charge in [0.2, 0.25) is 5.91 Å². The van der Waals surface area contributed by atoms with Crippen LogP contribution >= 0.6 is 0 Å². The normalized spacial score (nSPS) is 13.8. The summed E-state index contributed by atoms with van der Waals surface area (Å²) in [5.41, 5.74) is 5.19. The molecule has 0 saturated heterocycles. The number of nitrogens with zero attached hydrogens (tertiary/aromatic N) is 1. The van der Waals surface area contributed by atoms with Gasteiger partial charge in [0.1, 0.15) is 11.9 Å². The van der Waals surface area contributed by atoms with Crippen LogP contribution in [0.3, 0.4) is 0 Å². The van der Waals surface area contributed by atoms with Crippen LogP contribution in [-0.2, 0) is 9.53 Å². The second kappa shape index (κ2) is 6.24. The number of hydrogen-bond acceptors (Lipinski definition) is 4. The van der Waals surface area contributed by atoms with Crippen molar-refractivity contribution in [1.29, 1.82) is 0 Å². The van der Waals surface area contributed by atoms with E-state index in [-0.39, 0.29) is 11.7 Å². The minimum atomic E-state index is -0.479. The number of amides is 1. The third kappa shape index (κ3) is 5.02. The van der Waals surface area contributed by atoms with Gasteiger partial charge < -0.3 is 21.0 Å². The molecule has 0 aromatic rings. The number of carbonyl (C=O) groups is 1. The minimum absolute atomic E-state index is 0.0883. The molecule has 0 aliphatic carbocycles. The zero-order chi connectivity index (χ0) is 10.3.